The predicted molar refractivity (Wildman–Crippen MR) is 25.0 cm³/mol. The highest BCUT2D eigenvalue weighted by atomic mass is 35.5. The second-order valence-corrected chi connectivity index (χ2v) is 0.789. The van der Waals surface area contributed by atoms with Gasteiger partial charge in [-0.05, 0) is 0 Å². The number of hydrogen-bond acceptors (Lipinski definition) is 4. The Labute approximate surface area is 47.4 Å². The number of rotatable bonds is 2. The van der Waals surface area contributed by atoms with E-state index in [0.717, 1.165) is 0 Å². The van der Waals surface area contributed by atoms with E-state index >= 15 is 0 Å². The number of halogens is 1. The zero-order chi connectivity index (χ0) is 4.99. The van der Waals surface area contributed by atoms with Crippen molar-refractivity contribution in [1.82, 2.24) is 5.06 Å². The molecular formula is C2H8ClNO3. The minimum atomic E-state index is -0.531. The van der Waals surface area contributed by atoms with Crippen LogP contribution >= 0.6 is 12.4 Å². The molecule has 0 aliphatic carbocycles. The molecular weight excluding hydrogens is 121 g/mol. The van der Waals surface area contributed by atoms with Gasteiger partial charge in [-0.2, -0.15) is 0 Å². The smallest absolute Gasteiger partial charge is 0.121 e. The first-order chi connectivity index (χ1) is 2.81. The van der Waals surface area contributed by atoms with Gasteiger partial charge in [0, 0.05) is 0 Å². The van der Waals surface area contributed by atoms with Crippen LogP contribution in [0.2, 0.25) is 0 Å². The van der Waals surface area contributed by atoms with Crippen LogP contribution < -0.4 is 0 Å². The molecule has 5 heteroatoms. The molecule has 0 bridgehead atoms. The fraction of sp³-hybridized carbons (Fsp3) is 1.00. The Bertz CT molecular complexity index is 32.1. The summed E-state index contributed by atoms with van der Waals surface area (Å²) in [5.41, 5.74) is 0. The highest BCUT2D eigenvalue weighted by molar-refractivity contribution is 5.85. The van der Waals surface area contributed by atoms with Crippen LogP contribution in [0.5, 0.6) is 0 Å². The number of hydrogen-bond donors (Lipinski definition) is 3. The predicted octanol–water partition coefficient (Wildman–Crippen LogP) is -1.00. The lowest BCUT2D eigenvalue weighted by Gasteiger charge is -2.02. The van der Waals surface area contributed by atoms with Crippen molar-refractivity contribution in [2.24, 2.45) is 0 Å². The van der Waals surface area contributed by atoms with Gasteiger partial charge in [-0.1, -0.05) is 0 Å². The third kappa shape index (κ3) is 6.13. The Morgan fingerprint density at radius 2 is 1.43 bits per heavy atom. The van der Waals surface area contributed by atoms with E-state index in [2.05, 4.69) is 0 Å². The Morgan fingerprint density at radius 1 is 1.14 bits per heavy atom. The molecule has 0 aliphatic rings. The third-order valence-electron chi connectivity index (χ3n) is 0.326. The molecule has 0 spiro atoms. The van der Waals surface area contributed by atoms with Crippen molar-refractivity contribution in [2.75, 3.05) is 13.5 Å². The maximum atomic E-state index is 8.00. The largest absolute Gasteiger partial charge is 0.379 e. The van der Waals surface area contributed by atoms with Gasteiger partial charge in [0.15, 0.2) is 0 Å². The molecule has 46 valence electrons. The van der Waals surface area contributed by atoms with E-state index in [1.54, 1.807) is 0 Å². The minimum absolute atomic E-state index is 0. The second-order valence-electron chi connectivity index (χ2n) is 0.789. The highest BCUT2D eigenvalue weighted by Crippen LogP contribution is 1.67. The van der Waals surface area contributed by atoms with Gasteiger partial charge in [0.05, 0.1) is 0 Å². The monoisotopic (exact) mass is 129 g/mol. The Hall–Kier alpha value is 0.130. The molecule has 0 atom stereocenters. The van der Waals surface area contributed by atoms with E-state index in [9.17, 15) is 0 Å². The molecule has 0 aromatic carbocycles. The lowest BCUT2D eigenvalue weighted by atomic mass is 11.1. The van der Waals surface area contributed by atoms with Crippen molar-refractivity contribution in [3.05, 3.63) is 0 Å². The molecule has 0 unspecified atom stereocenters. The van der Waals surface area contributed by atoms with Crippen LogP contribution in [-0.4, -0.2) is 33.9 Å². The Morgan fingerprint density at radius 3 is 1.43 bits per heavy atom. The van der Waals surface area contributed by atoms with Gasteiger partial charge < -0.3 is 15.4 Å². The van der Waals surface area contributed by atoms with Crippen LogP contribution in [0, 0.1) is 0 Å². The maximum Gasteiger partial charge on any atom is 0.121 e. The van der Waals surface area contributed by atoms with Crippen molar-refractivity contribution in [2.45, 2.75) is 0 Å². The Kier molecular flexibility index (Phi) is 8.92. The van der Waals surface area contributed by atoms with Crippen LogP contribution in [0.4, 0.5) is 0 Å². The first-order valence-electron chi connectivity index (χ1n) is 1.46. The lowest BCUT2D eigenvalue weighted by Crippen LogP contribution is -2.20. The molecule has 0 radical (unpaired) electrons. The topological polar surface area (TPSA) is 63.9 Å². The fourth-order valence-electron chi connectivity index (χ4n) is 0.0447. The number of hydroxylamine groups is 2. The molecule has 0 saturated heterocycles. The lowest BCUT2D eigenvalue weighted by molar-refractivity contribution is -0.183. The van der Waals surface area contributed by atoms with Crippen molar-refractivity contribution < 1.29 is 15.4 Å². The van der Waals surface area contributed by atoms with E-state index < -0.39 is 13.5 Å². The van der Waals surface area contributed by atoms with Gasteiger partial charge in [-0.25, -0.2) is 0 Å². The normalized spacial score (nSPS) is 8.57. The molecule has 0 heterocycles. The molecule has 0 aromatic rings. The summed E-state index contributed by atoms with van der Waals surface area (Å²) >= 11 is 0. The zero-order valence-corrected chi connectivity index (χ0v) is 4.43. The van der Waals surface area contributed by atoms with E-state index in [-0.39, 0.29) is 12.4 Å². The number of aliphatic hydroxyl groups excluding tert-OH is 2. The molecule has 0 rings (SSSR count). The van der Waals surface area contributed by atoms with Crippen LogP contribution in [0.15, 0.2) is 0 Å². The highest BCUT2D eigenvalue weighted by Gasteiger charge is 1.86. The van der Waals surface area contributed by atoms with Gasteiger partial charge in [-0.15, -0.1) is 17.5 Å². The molecule has 0 aromatic heterocycles. The van der Waals surface area contributed by atoms with Gasteiger partial charge in [0.2, 0.25) is 0 Å². The summed E-state index contributed by atoms with van der Waals surface area (Å²) in [6, 6.07) is 0. The van der Waals surface area contributed by atoms with E-state index in [1.807, 2.05) is 0 Å². The summed E-state index contributed by atoms with van der Waals surface area (Å²) in [7, 11) is 0. The summed E-state index contributed by atoms with van der Waals surface area (Å²) in [5, 5.41) is 24.1. The summed E-state index contributed by atoms with van der Waals surface area (Å²) < 4.78 is 0. The first kappa shape index (κ1) is 10.2. The quantitative estimate of drug-likeness (QED) is 0.331. The first-order valence-corrected chi connectivity index (χ1v) is 1.46. The summed E-state index contributed by atoms with van der Waals surface area (Å²) in [6.07, 6.45) is 0. The third-order valence-corrected chi connectivity index (χ3v) is 0.326. The van der Waals surface area contributed by atoms with Crippen molar-refractivity contribution >= 4 is 12.4 Å². The number of aliphatic hydroxyl groups is 2. The molecule has 0 saturated carbocycles. The Balaban J connectivity index is 0. The molecule has 7 heavy (non-hydrogen) atoms. The molecule has 0 fully saturated rings. The zero-order valence-electron chi connectivity index (χ0n) is 3.61. The standard InChI is InChI=1S/C2H7NO3.ClH/c4-1-3(6)2-5;/h4-6H,1-2H2;1H. The van der Waals surface area contributed by atoms with Crippen molar-refractivity contribution in [1.29, 1.82) is 0 Å². The van der Waals surface area contributed by atoms with Crippen molar-refractivity contribution in [3.8, 4) is 0 Å². The van der Waals surface area contributed by atoms with Gasteiger partial charge >= 0.3 is 0 Å². The molecule has 0 aliphatic heterocycles. The van der Waals surface area contributed by atoms with E-state index in [1.165, 1.54) is 0 Å². The summed E-state index contributed by atoms with van der Waals surface area (Å²) in [5.74, 6) is 0. The minimum Gasteiger partial charge on any atom is -0.379 e. The van der Waals surface area contributed by atoms with Crippen LogP contribution in [-0.2, 0) is 0 Å². The summed E-state index contributed by atoms with van der Waals surface area (Å²) in [4.78, 5) is 0. The van der Waals surface area contributed by atoms with Gasteiger partial charge in [0.1, 0.15) is 13.5 Å². The second kappa shape index (κ2) is 6.13. The van der Waals surface area contributed by atoms with Crippen LogP contribution in [0.25, 0.3) is 0 Å². The fourth-order valence-corrected chi connectivity index (χ4v) is 0.0447. The average molecular weight is 130 g/mol. The average Bonchev–Trinajstić information content (AvgIpc) is 1.65. The van der Waals surface area contributed by atoms with Crippen LogP contribution in [0.3, 0.4) is 0 Å². The number of nitrogens with zero attached hydrogens (tertiary/aromatic N) is 1. The van der Waals surface area contributed by atoms with Crippen molar-refractivity contribution in [3.63, 3.8) is 0 Å². The van der Waals surface area contributed by atoms with Gasteiger partial charge in [0.25, 0.3) is 0 Å². The molecule has 3 N–H and O–H groups in total. The van der Waals surface area contributed by atoms with Gasteiger partial charge in [-0.3, -0.25) is 0 Å². The van der Waals surface area contributed by atoms with Crippen LogP contribution in [0.1, 0.15) is 0 Å². The SMILES string of the molecule is Cl.OCN(O)CO. The van der Waals surface area contributed by atoms with E-state index in [4.69, 9.17) is 15.4 Å². The molecule has 4 nitrogen and oxygen atoms in total. The summed E-state index contributed by atoms with van der Waals surface area (Å²) in [6.45, 7) is -1.06. The molecule has 0 amide bonds. The maximum absolute atomic E-state index is 8.00. The van der Waals surface area contributed by atoms with E-state index in [0.29, 0.717) is 5.06 Å².